The molecule has 0 unspecified atom stereocenters. The highest BCUT2D eigenvalue weighted by Gasteiger charge is 2.19. The number of carbonyl (C=O) groups excluding carboxylic acids is 1. The van der Waals surface area contributed by atoms with Crippen LogP contribution in [0.5, 0.6) is 0 Å². The van der Waals surface area contributed by atoms with Crippen LogP contribution in [0.25, 0.3) is 0 Å². The lowest BCUT2D eigenvalue weighted by molar-refractivity contribution is -0.114. The minimum Gasteiger partial charge on any atom is -0.398 e. The number of nitrogens with one attached hydrogen (secondary N) is 1. The Hall–Kier alpha value is -3.15. The number of carbonyl (C=O) groups is 1. The molecule has 0 spiro atoms. The Bertz CT molecular complexity index is 933. The molecule has 29 heavy (non-hydrogen) atoms. The predicted octanol–water partition coefficient (Wildman–Crippen LogP) is 3.90. The summed E-state index contributed by atoms with van der Waals surface area (Å²) in [6, 6.07) is 12.0. The maximum Gasteiger partial charge on any atom is 0.273 e. The van der Waals surface area contributed by atoms with E-state index in [-0.39, 0.29) is 18.2 Å². The first-order chi connectivity index (χ1) is 13.9. The maximum atomic E-state index is 12.2. The molecule has 0 saturated carbocycles. The Morgan fingerprint density at radius 1 is 1.14 bits per heavy atom. The summed E-state index contributed by atoms with van der Waals surface area (Å²) < 4.78 is 0. The molecule has 0 aliphatic carbocycles. The quantitative estimate of drug-likeness (QED) is 0.544. The van der Waals surface area contributed by atoms with Gasteiger partial charge in [0.05, 0.1) is 5.71 Å². The van der Waals surface area contributed by atoms with Gasteiger partial charge in [-0.2, -0.15) is 0 Å². The number of likely N-dealkylation sites (N-methyl/N-ethyl adjacent to an activating group) is 1. The van der Waals surface area contributed by atoms with E-state index >= 15 is 0 Å². The van der Waals surface area contributed by atoms with E-state index in [4.69, 9.17) is 9.68 Å². The van der Waals surface area contributed by atoms with Gasteiger partial charge in [-0.1, -0.05) is 53.1 Å². The number of amides is 1. The molecule has 1 amide bonds. The zero-order valence-corrected chi connectivity index (χ0v) is 18.0. The van der Waals surface area contributed by atoms with Crippen molar-refractivity contribution in [2.24, 2.45) is 10.3 Å². The van der Waals surface area contributed by atoms with Crippen LogP contribution in [0.3, 0.4) is 0 Å². The molecule has 0 saturated heterocycles. The van der Waals surface area contributed by atoms with E-state index in [1.165, 1.54) is 18.2 Å². The fraction of sp³-hybridized carbons (Fsp3) is 0.348. The lowest BCUT2D eigenvalue weighted by Crippen LogP contribution is -2.29. The third-order valence-corrected chi connectivity index (χ3v) is 4.66. The normalized spacial score (nSPS) is 11.9. The van der Waals surface area contributed by atoms with Crippen molar-refractivity contribution in [2.75, 3.05) is 14.2 Å². The molecule has 0 heterocycles. The molecule has 2 aromatic carbocycles. The molecule has 0 fully saturated rings. The van der Waals surface area contributed by atoms with Gasteiger partial charge in [0.25, 0.3) is 5.91 Å². The standard InChI is InChI=1S/C23H29N3O3/c1-7-18-11-15(2)12-19(13-18)17(4)25-29-14-21-16(3)9-8-10-20(21)22(26-28-6)23(27)24-5/h8-13H,7,14H2,1-6H3,(H,24,27)/b25-17+,26-22+. The van der Waals surface area contributed by atoms with Crippen LogP contribution in [0.4, 0.5) is 0 Å². The summed E-state index contributed by atoms with van der Waals surface area (Å²) in [7, 11) is 2.97. The van der Waals surface area contributed by atoms with Crippen molar-refractivity contribution in [2.45, 2.75) is 40.7 Å². The van der Waals surface area contributed by atoms with Crippen molar-refractivity contribution in [1.29, 1.82) is 0 Å². The Labute approximate surface area is 172 Å². The molecule has 6 nitrogen and oxygen atoms in total. The van der Waals surface area contributed by atoms with E-state index in [0.717, 1.165) is 28.8 Å². The summed E-state index contributed by atoms with van der Waals surface area (Å²) in [5.74, 6) is -0.328. The second kappa shape index (κ2) is 10.4. The highest BCUT2D eigenvalue weighted by atomic mass is 16.6. The van der Waals surface area contributed by atoms with Crippen LogP contribution in [-0.2, 0) is 27.5 Å². The Morgan fingerprint density at radius 2 is 1.90 bits per heavy atom. The predicted molar refractivity (Wildman–Crippen MR) is 116 cm³/mol. The summed E-state index contributed by atoms with van der Waals surface area (Å²) in [4.78, 5) is 22.8. The van der Waals surface area contributed by atoms with Gasteiger partial charge in [0.2, 0.25) is 0 Å². The van der Waals surface area contributed by atoms with Gasteiger partial charge < -0.3 is 15.0 Å². The van der Waals surface area contributed by atoms with Crippen LogP contribution < -0.4 is 5.32 Å². The molecule has 0 aliphatic heterocycles. The third kappa shape index (κ3) is 5.67. The van der Waals surface area contributed by atoms with Crippen LogP contribution in [0.2, 0.25) is 0 Å². The van der Waals surface area contributed by atoms with Gasteiger partial charge in [-0.15, -0.1) is 0 Å². The number of nitrogens with zero attached hydrogens (tertiary/aromatic N) is 2. The van der Waals surface area contributed by atoms with Crippen LogP contribution in [-0.4, -0.2) is 31.5 Å². The Balaban J connectivity index is 2.29. The lowest BCUT2D eigenvalue weighted by atomic mass is 9.98. The van der Waals surface area contributed by atoms with Gasteiger partial charge >= 0.3 is 0 Å². The largest absolute Gasteiger partial charge is 0.398 e. The average Bonchev–Trinajstić information content (AvgIpc) is 2.72. The maximum absolute atomic E-state index is 12.2. The minimum atomic E-state index is -0.328. The highest BCUT2D eigenvalue weighted by molar-refractivity contribution is 6.45. The van der Waals surface area contributed by atoms with Gasteiger partial charge in [0.15, 0.2) is 5.71 Å². The number of oxime groups is 2. The number of rotatable bonds is 8. The van der Waals surface area contributed by atoms with Crippen molar-refractivity contribution in [3.8, 4) is 0 Å². The second-order valence-corrected chi connectivity index (χ2v) is 6.81. The van der Waals surface area contributed by atoms with E-state index in [2.05, 4.69) is 47.7 Å². The summed E-state index contributed by atoms with van der Waals surface area (Å²) >= 11 is 0. The Morgan fingerprint density at radius 3 is 2.55 bits per heavy atom. The molecule has 0 atom stereocenters. The fourth-order valence-corrected chi connectivity index (χ4v) is 3.06. The first-order valence-corrected chi connectivity index (χ1v) is 9.60. The van der Waals surface area contributed by atoms with Gasteiger partial charge in [0, 0.05) is 18.2 Å². The SMILES string of the molecule is CCc1cc(C)cc(/C(C)=N/OCc2c(C)cccc2/C(=N\OC)C(=O)NC)c1. The number of hydrogen-bond donors (Lipinski definition) is 1. The van der Waals surface area contributed by atoms with Crippen molar-refractivity contribution < 1.29 is 14.5 Å². The molecule has 2 aromatic rings. The van der Waals surface area contributed by atoms with E-state index in [9.17, 15) is 4.79 Å². The Kier molecular flexibility index (Phi) is 7.95. The molecule has 0 bridgehead atoms. The highest BCUT2D eigenvalue weighted by Crippen LogP contribution is 2.18. The van der Waals surface area contributed by atoms with Gasteiger partial charge in [0.1, 0.15) is 13.7 Å². The summed E-state index contributed by atoms with van der Waals surface area (Å²) in [6.45, 7) is 8.31. The molecule has 0 aliphatic rings. The van der Waals surface area contributed by atoms with E-state index in [1.807, 2.05) is 32.0 Å². The summed E-state index contributed by atoms with van der Waals surface area (Å²) in [5.41, 5.74) is 6.97. The van der Waals surface area contributed by atoms with Crippen molar-refractivity contribution in [1.82, 2.24) is 5.32 Å². The van der Waals surface area contributed by atoms with Gasteiger partial charge in [-0.25, -0.2) is 0 Å². The molecule has 0 radical (unpaired) electrons. The summed E-state index contributed by atoms with van der Waals surface area (Å²) in [6.07, 6.45) is 0.969. The zero-order chi connectivity index (χ0) is 21.4. The van der Waals surface area contributed by atoms with E-state index < -0.39 is 0 Å². The van der Waals surface area contributed by atoms with Crippen LogP contribution in [0.1, 0.15) is 47.2 Å². The first-order valence-electron chi connectivity index (χ1n) is 9.60. The molecule has 0 aromatic heterocycles. The summed E-state index contributed by atoms with van der Waals surface area (Å²) in [5, 5.41) is 10.8. The average molecular weight is 396 g/mol. The number of benzene rings is 2. The van der Waals surface area contributed by atoms with E-state index in [1.54, 1.807) is 7.05 Å². The van der Waals surface area contributed by atoms with Crippen LogP contribution in [0.15, 0.2) is 46.7 Å². The van der Waals surface area contributed by atoms with Crippen LogP contribution in [0, 0.1) is 13.8 Å². The molecule has 154 valence electrons. The van der Waals surface area contributed by atoms with Crippen molar-refractivity contribution in [3.63, 3.8) is 0 Å². The first kappa shape index (κ1) is 22.1. The number of aryl methyl sites for hydroxylation is 3. The van der Waals surface area contributed by atoms with Gasteiger partial charge in [-0.3, -0.25) is 4.79 Å². The third-order valence-electron chi connectivity index (χ3n) is 4.66. The molecule has 1 N–H and O–H groups in total. The van der Waals surface area contributed by atoms with Gasteiger partial charge in [-0.05, 0) is 49.9 Å². The topological polar surface area (TPSA) is 72.3 Å². The van der Waals surface area contributed by atoms with Crippen molar-refractivity contribution in [3.05, 3.63) is 69.8 Å². The van der Waals surface area contributed by atoms with Crippen LogP contribution >= 0.6 is 0 Å². The van der Waals surface area contributed by atoms with Crippen molar-refractivity contribution >= 4 is 17.3 Å². The smallest absolute Gasteiger partial charge is 0.273 e. The zero-order valence-electron chi connectivity index (χ0n) is 18.0. The number of hydrogen-bond acceptors (Lipinski definition) is 5. The minimum absolute atomic E-state index is 0.198. The molecule has 6 heteroatoms. The molecular formula is C23H29N3O3. The van der Waals surface area contributed by atoms with E-state index in [0.29, 0.717) is 5.56 Å². The monoisotopic (exact) mass is 395 g/mol. The second-order valence-electron chi connectivity index (χ2n) is 6.81. The molecule has 2 rings (SSSR count). The lowest BCUT2D eigenvalue weighted by Gasteiger charge is -2.13. The fourth-order valence-electron chi connectivity index (χ4n) is 3.06. The molecular weight excluding hydrogens is 366 g/mol.